The summed E-state index contributed by atoms with van der Waals surface area (Å²) in [5.41, 5.74) is 2.28. The van der Waals surface area contributed by atoms with E-state index in [2.05, 4.69) is 16.1 Å². The van der Waals surface area contributed by atoms with Crippen molar-refractivity contribution >= 4 is 29.1 Å². The molecule has 4 rings (SSSR count). The average Bonchev–Trinajstić information content (AvgIpc) is 3.58. The average molecular weight is 563 g/mol. The summed E-state index contributed by atoms with van der Waals surface area (Å²) in [6.07, 6.45) is 13.0. The van der Waals surface area contributed by atoms with Crippen LogP contribution in [0.15, 0.2) is 64.1 Å². The van der Waals surface area contributed by atoms with Crippen LogP contribution in [0, 0.1) is 25.2 Å². The minimum Gasteiger partial charge on any atom is -0.487 e. The fourth-order valence-electron chi connectivity index (χ4n) is 5.03. The number of anilines is 1. The van der Waals surface area contributed by atoms with Crippen LogP contribution in [-0.2, 0) is 9.59 Å². The lowest BCUT2D eigenvalue weighted by molar-refractivity contribution is -0.118. The van der Waals surface area contributed by atoms with E-state index in [1.54, 1.807) is 40.8 Å². The first-order valence-electron chi connectivity index (χ1n) is 13.5. The second-order valence-electron chi connectivity index (χ2n) is 10.2. The third-order valence-electron chi connectivity index (χ3n) is 7.16. The topological polar surface area (TPSA) is 83.9 Å². The van der Waals surface area contributed by atoms with E-state index in [4.69, 9.17) is 22.8 Å². The molecular weight excluding hydrogens is 528 g/mol. The van der Waals surface area contributed by atoms with Crippen molar-refractivity contribution in [3.63, 3.8) is 0 Å². The molecule has 0 radical (unpaired) electrons. The molecule has 40 heavy (non-hydrogen) atoms. The molecule has 2 saturated heterocycles. The Morgan fingerprint density at radius 3 is 2.70 bits per heavy atom. The summed E-state index contributed by atoms with van der Waals surface area (Å²) in [7, 11) is 0. The van der Waals surface area contributed by atoms with Crippen LogP contribution in [0.5, 0.6) is 5.75 Å². The zero-order valence-electron chi connectivity index (χ0n) is 23.0. The number of aryl methyl sites for hydroxylation is 1. The molecule has 2 amide bonds. The van der Waals surface area contributed by atoms with Crippen LogP contribution in [0.2, 0.25) is 0 Å². The van der Waals surface area contributed by atoms with Crippen LogP contribution < -0.4 is 20.5 Å². The van der Waals surface area contributed by atoms with Gasteiger partial charge in [0.05, 0.1) is 11.3 Å². The standard InChI is InChI=1S/C31H35ClN4O4/c1-4-25(10-9-23(3)32)30(38)33-20-24-19-29(37)36(21-24)26-11-12-27(22(2)18-26)35-15-7-8-28(31(35)39)40-17-16-34-13-5-6-14-34/h1,7-12,15,18,24H,5-6,13-14,16-17,19-21H2,2-3H3,(H,33,38)/b23-9+,25-10+/t24-/m0/s1. The second kappa shape index (κ2) is 13.5. The molecule has 2 aliphatic rings. The summed E-state index contributed by atoms with van der Waals surface area (Å²) in [5, 5.41) is 3.33. The first-order valence-corrected chi connectivity index (χ1v) is 13.9. The van der Waals surface area contributed by atoms with Crippen LogP contribution in [0.1, 0.15) is 31.7 Å². The highest BCUT2D eigenvalue weighted by molar-refractivity contribution is 6.29. The van der Waals surface area contributed by atoms with Crippen molar-refractivity contribution < 1.29 is 14.3 Å². The quantitative estimate of drug-likeness (QED) is 0.271. The molecule has 1 aromatic heterocycles. The summed E-state index contributed by atoms with van der Waals surface area (Å²) in [5.74, 6) is 2.23. The van der Waals surface area contributed by atoms with Crippen molar-refractivity contribution in [2.45, 2.75) is 33.1 Å². The SMILES string of the molecule is C#C/C(=C\C=C(/C)Cl)C(=O)NC[C@@H]1CC(=O)N(c2ccc(-n3cccc(OCCN4CCCC4)c3=O)c(C)c2)C1. The van der Waals surface area contributed by atoms with E-state index in [-0.39, 0.29) is 28.9 Å². The zero-order valence-corrected chi connectivity index (χ0v) is 23.7. The third kappa shape index (κ3) is 7.23. The van der Waals surface area contributed by atoms with Gasteiger partial charge in [-0.25, -0.2) is 0 Å². The maximum atomic E-state index is 13.2. The monoisotopic (exact) mass is 562 g/mol. The summed E-state index contributed by atoms with van der Waals surface area (Å²) in [6, 6.07) is 9.10. The molecule has 0 aliphatic carbocycles. The number of rotatable bonds is 10. The molecular formula is C31H35ClN4O4. The molecule has 2 fully saturated rings. The number of amides is 2. The molecule has 3 heterocycles. The Morgan fingerprint density at radius 2 is 2.00 bits per heavy atom. The number of nitrogens with zero attached hydrogens (tertiary/aromatic N) is 3. The number of halogens is 1. The lowest BCUT2D eigenvalue weighted by Gasteiger charge is -2.19. The largest absolute Gasteiger partial charge is 0.487 e. The molecule has 0 spiro atoms. The van der Waals surface area contributed by atoms with E-state index in [0.29, 0.717) is 36.9 Å². The number of terminal acetylenes is 1. The number of hydrogen-bond donors (Lipinski definition) is 1. The van der Waals surface area contributed by atoms with Gasteiger partial charge in [0.25, 0.3) is 11.5 Å². The first kappa shape index (κ1) is 29.2. The number of ether oxygens (including phenoxy) is 1. The number of pyridine rings is 1. The zero-order chi connectivity index (χ0) is 28.6. The Balaban J connectivity index is 1.39. The van der Waals surface area contributed by atoms with Crippen LogP contribution in [-0.4, -0.2) is 60.6 Å². The van der Waals surface area contributed by atoms with Crippen molar-refractivity contribution in [1.82, 2.24) is 14.8 Å². The van der Waals surface area contributed by atoms with Crippen molar-refractivity contribution in [3.05, 3.63) is 75.2 Å². The van der Waals surface area contributed by atoms with Gasteiger partial charge in [-0.2, -0.15) is 0 Å². The van der Waals surface area contributed by atoms with E-state index < -0.39 is 0 Å². The van der Waals surface area contributed by atoms with E-state index in [1.165, 1.54) is 18.9 Å². The van der Waals surface area contributed by atoms with Crippen molar-refractivity contribution in [2.75, 3.05) is 44.2 Å². The smallest absolute Gasteiger partial charge is 0.297 e. The highest BCUT2D eigenvalue weighted by Crippen LogP contribution is 2.28. The van der Waals surface area contributed by atoms with E-state index in [0.717, 1.165) is 36.6 Å². The predicted octanol–water partition coefficient (Wildman–Crippen LogP) is 3.79. The Kier molecular flexibility index (Phi) is 9.86. The van der Waals surface area contributed by atoms with Gasteiger partial charge in [0.1, 0.15) is 6.61 Å². The van der Waals surface area contributed by atoms with E-state index in [1.807, 2.05) is 25.1 Å². The minimum atomic E-state index is -0.379. The lowest BCUT2D eigenvalue weighted by atomic mass is 10.1. The molecule has 0 bridgehead atoms. The number of hydrogen-bond acceptors (Lipinski definition) is 5. The Labute approximate surface area is 240 Å². The number of likely N-dealkylation sites (tertiary alicyclic amines) is 1. The van der Waals surface area contributed by atoms with Gasteiger partial charge < -0.3 is 15.0 Å². The van der Waals surface area contributed by atoms with Gasteiger partial charge in [-0.3, -0.25) is 23.9 Å². The molecule has 1 N–H and O–H groups in total. The maximum absolute atomic E-state index is 13.2. The van der Waals surface area contributed by atoms with Gasteiger partial charge in [0.2, 0.25) is 5.91 Å². The molecule has 1 atom stereocenters. The van der Waals surface area contributed by atoms with Gasteiger partial charge >= 0.3 is 0 Å². The minimum absolute atomic E-state index is 0.0228. The molecule has 2 aliphatic heterocycles. The number of carbonyl (C=O) groups excluding carboxylic acids is 2. The van der Waals surface area contributed by atoms with Crippen LogP contribution in [0.25, 0.3) is 5.69 Å². The van der Waals surface area contributed by atoms with Crippen LogP contribution >= 0.6 is 11.6 Å². The molecule has 210 valence electrons. The van der Waals surface area contributed by atoms with Crippen molar-refractivity contribution in [3.8, 4) is 23.8 Å². The van der Waals surface area contributed by atoms with Gasteiger partial charge in [-0.15, -0.1) is 6.42 Å². The van der Waals surface area contributed by atoms with Gasteiger partial charge in [-0.05, 0) is 87.8 Å². The Morgan fingerprint density at radius 1 is 1.23 bits per heavy atom. The lowest BCUT2D eigenvalue weighted by Crippen LogP contribution is -2.32. The highest BCUT2D eigenvalue weighted by Gasteiger charge is 2.31. The fraction of sp³-hybridized carbons (Fsp3) is 0.387. The predicted molar refractivity (Wildman–Crippen MR) is 158 cm³/mol. The van der Waals surface area contributed by atoms with Crippen molar-refractivity contribution in [2.24, 2.45) is 5.92 Å². The van der Waals surface area contributed by atoms with Crippen molar-refractivity contribution in [1.29, 1.82) is 0 Å². The first-order chi connectivity index (χ1) is 19.3. The Bertz CT molecular complexity index is 1410. The molecule has 8 nitrogen and oxygen atoms in total. The van der Waals surface area contributed by atoms with Gasteiger partial charge in [0, 0.05) is 48.9 Å². The normalized spacial score (nSPS) is 18.2. The third-order valence-corrected chi connectivity index (χ3v) is 7.29. The summed E-state index contributed by atoms with van der Waals surface area (Å²) in [4.78, 5) is 42.5. The summed E-state index contributed by atoms with van der Waals surface area (Å²) in [6.45, 7) is 7.84. The van der Waals surface area contributed by atoms with E-state index >= 15 is 0 Å². The molecule has 9 heteroatoms. The summed E-state index contributed by atoms with van der Waals surface area (Å²) >= 11 is 5.81. The number of nitrogens with one attached hydrogen (secondary N) is 1. The van der Waals surface area contributed by atoms with E-state index in [9.17, 15) is 14.4 Å². The van der Waals surface area contributed by atoms with Crippen LogP contribution in [0.4, 0.5) is 5.69 Å². The van der Waals surface area contributed by atoms with Crippen LogP contribution in [0.3, 0.4) is 0 Å². The summed E-state index contributed by atoms with van der Waals surface area (Å²) < 4.78 is 7.41. The number of carbonyl (C=O) groups is 2. The van der Waals surface area contributed by atoms with Gasteiger partial charge in [0.15, 0.2) is 5.75 Å². The highest BCUT2D eigenvalue weighted by atomic mass is 35.5. The fourth-order valence-corrected chi connectivity index (χ4v) is 5.09. The number of aromatic nitrogens is 1. The van der Waals surface area contributed by atoms with Gasteiger partial charge in [-0.1, -0.05) is 17.5 Å². The number of benzene rings is 1. The maximum Gasteiger partial charge on any atom is 0.297 e. The Hall–Kier alpha value is -3.80. The molecule has 0 saturated carbocycles. The second-order valence-corrected chi connectivity index (χ2v) is 10.8. The molecule has 0 unspecified atom stereocenters. The molecule has 1 aromatic carbocycles. The molecule has 2 aromatic rings. The number of allylic oxidation sites excluding steroid dienone is 3.